The molecule has 0 spiro atoms. The molecular formula is C17H28O. The van der Waals surface area contributed by atoms with Crippen LogP contribution in [0.25, 0.3) is 0 Å². The van der Waals surface area contributed by atoms with Crippen molar-refractivity contribution in [3.63, 3.8) is 0 Å². The highest BCUT2D eigenvalue weighted by Gasteiger charge is 1.98. The van der Waals surface area contributed by atoms with Crippen LogP contribution in [-0.2, 0) is 4.79 Å². The van der Waals surface area contributed by atoms with E-state index in [1.807, 2.05) is 13.0 Å². The molecule has 0 saturated heterocycles. The Labute approximate surface area is 113 Å². The fraction of sp³-hybridized carbons (Fsp3) is 0.588. The average molecular weight is 248 g/mol. The number of allylic oxidation sites excluding steroid dienone is 5. The van der Waals surface area contributed by atoms with Crippen molar-refractivity contribution in [2.24, 2.45) is 5.92 Å². The molecule has 102 valence electrons. The maximum absolute atomic E-state index is 10.5. The van der Waals surface area contributed by atoms with Gasteiger partial charge in [0.1, 0.15) is 6.29 Å². The molecule has 0 aromatic carbocycles. The summed E-state index contributed by atoms with van der Waals surface area (Å²) in [5, 5.41) is 0. The molecule has 0 aromatic rings. The Bertz CT molecular complexity index is 273. The van der Waals surface area contributed by atoms with Gasteiger partial charge in [-0.3, -0.25) is 0 Å². The zero-order valence-corrected chi connectivity index (χ0v) is 12.0. The van der Waals surface area contributed by atoms with E-state index in [9.17, 15) is 4.79 Å². The lowest BCUT2D eigenvalue weighted by Gasteiger charge is -2.03. The van der Waals surface area contributed by atoms with E-state index in [0.717, 1.165) is 51.2 Å². The van der Waals surface area contributed by atoms with Crippen LogP contribution in [0.1, 0.15) is 58.8 Å². The van der Waals surface area contributed by atoms with Crippen LogP contribution in [0.2, 0.25) is 0 Å². The molecule has 1 atom stereocenters. The first-order chi connectivity index (χ1) is 8.70. The lowest BCUT2D eigenvalue weighted by Crippen LogP contribution is -1.95. The van der Waals surface area contributed by atoms with Crippen LogP contribution in [0.3, 0.4) is 0 Å². The molecule has 0 radical (unpaired) electrons. The molecule has 0 amide bonds. The van der Waals surface area contributed by atoms with E-state index in [1.165, 1.54) is 5.57 Å². The monoisotopic (exact) mass is 248 g/mol. The third kappa shape index (κ3) is 11.4. The summed E-state index contributed by atoms with van der Waals surface area (Å²) >= 11 is 0. The predicted molar refractivity (Wildman–Crippen MR) is 80.6 cm³/mol. The Kier molecular flexibility index (Phi) is 11.6. The number of rotatable bonds is 11. The molecule has 1 nitrogen and oxygen atoms in total. The zero-order chi connectivity index (χ0) is 13.6. The van der Waals surface area contributed by atoms with Gasteiger partial charge in [-0.2, -0.15) is 0 Å². The Hall–Kier alpha value is -1.11. The lowest BCUT2D eigenvalue weighted by atomic mass is 10.0. The number of hydrogen-bond acceptors (Lipinski definition) is 1. The van der Waals surface area contributed by atoms with E-state index >= 15 is 0 Å². The summed E-state index contributed by atoms with van der Waals surface area (Å²) < 4.78 is 0. The molecule has 0 N–H and O–H groups in total. The van der Waals surface area contributed by atoms with Crippen LogP contribution in [0, 0.1) is 5.92 Å². The third-order valence-electron chi connectivity index (χ3n) is 2.99. The van der Waals surface area contributed by atoms with E-state index in [1.54, 1.807) is 0 Å². The van der Waals surface area contributed by atoms with Gasteiger partial charge < -0.3 is 4.79 Å². The van der Waals surface area contributed by atoms with Crippen molar-refractivity contribution in [1.82, 2.24) is 0 Å². The molecule has 0 aromatic heterocycles. The summed E-state index contributed by atoms with van der Waals surface area (Å²) in [5.74, 6) is 0.214. The minimum absolute atomic E-state index is 0.214. The van der Waals surface area contributed by atoms with Gasteiger partial charge in [0.05, 0.1) is 0 Å². The molecule has 0 bridgehead atoms. The van der Waals surface area contributed by atoms with E-state index in [-0.39, 0.29) is 5.92 Å². The normalized spacial score (nSPS) is 13.8. The van der Waals surface area contributed by atoms with Crippen LogP contribution in [0.5, 0.6) is 0 Å². The number of carbonyl (C=O) groups is 1. The highest BCUT2D eigenvalue weighted by Crippen LogP contribution is 2.12. The van der Waals surface area contributed by atoms with Gasteiger partial charge in [-0.15, -0.1) is 6.58 Å². The summed E-state index contributed by atoms with van der Waals surface area (Å²) in [4.78, 5) is 10.5. The van der Waals surface area contributed by atoms with Crippen molar-refractivity contribution < 1.29 is 4.79 Å². The molecule has 0 saturated carbocycles. The highest BCUT2D eigenvalue weighted by molar-refractivity contribution is 5.52. The van der Waals surface area contributed by atoms with Crippen molar-refractivity contribution in [2.75, 3.05) is 0 Å². The first-order valence-electron chi connectivity index (χ1n) is 7.07. The van der Waals surface area contributed by atoms with Crippen molar-refractivity contribution in [1.29, 1.82) is 0 Å². The summed E-state index contributed by atoms with van der Waals surface area (Å²) in [7, 11) is 0. The molecule has 18 heavy (non-hydrogen) atoms. The predicted octanol–water partition coefficient (Wildman–Crippen LogP) is 5.24. The van der Waals surface area contributed by atoms with Crippen LogP contribution >= 0.6 is 0 Å². The SMILES string of the molecule is C=CCC/C=C/CC/C=C(\C)CCCC(C)C=O. The summed E-state index contributed by atoms with van der Waals surface area (Å²) in [6.07, 6.45) is 17.5. The Morgan fingerprint density at radius 3 is 2.44 bits per heavy atom. The van der Waals surface area contributed by atoms with Gasteiger partial charge in [0.25, 0.3) is 0 Å². The van der Waals surface area contributed by atoms with Crippen molar-refractivity contribution in [3.8, 4) is 0 Å². The molecule has 0 aliphatic carbocycles. The van der Waals surface area contributed by atoms with Gasteiger partial charge in [-0.05, 0) is 51.9 Å². The first kappa shape index (κ1) is 16.9. The number of unbranched alkanes of at least 4 members (excludes halogenated alkanes) is 2. The molecule has 1 unspecified atom stereocenters. The molecule has 0 rings (SSSR count). The maximum atomic E-state index is 10.5. The van der Waals surface area contributed by atoms with Crippen LogP contribution < -0.4 is 0 Å². The summed E-state index contributed by atoms with van der Waals surface area (Å²) in [6, 6.07) is 0. The molecular weight excluding hydrogens is 220 g/mol. The Morgan fingerprint density at radius 2 is 1.83 bits per heavy atom. The molecule has 0 aliphatic heterocycles. The second-order valence-corrected chi connectivity index (χ2v) is 4.97. The van der Waals surface area contributed by atoms with Gasteiger partial charge in [-0.1, -0.05) is 36.8 Å². The first-order valence-corrected chi connectivity index (χ1v) is 7.07. The molecule has 1 heteroatoms. The molecule has 0 heterocycles. The summed E-state index contributed by atoms with van der Waals surface area (Å²) in [5.41, 5.74) is 1.45. The fourth-order valence-electron chi connectivity index (χ4n) is 1.75. The van der Waals surface area contributed by atoms with E-state index in [4.69, 9.17) is 0 Å². The maximum Gasteiger partial charge on any atom is 0.122 e. The van der Waals surface area contributed by atoms with E-state index in [2.05, 4.69) is 31.7 Å². The summed E-state index contributed by atoms with van der Waals surface area (Å²) in [6.45, 7) is 7.87. The fourth-order valence-corrected chi connectivity index (χ4v) is 1.75. The topological polar surface area (TPSA) is 17.1 Å². The highest BCUT2D eigenvalue weighted by atomic mass is 16.1. The lowest BCUT2D eigenvalue weighted by molar-refractivity contribution is -0.110. The van der Waals surface area contributed by atoms with E-state index in [0.29, 0.717) is 0 Å². The zero-order valence-electron chi connectivity index (χ0n) is 12.0. The van der Waals surface area contributed by atoms with Gasteiger partial charge in [0, 0.05) is 5.92 Å². The standard InChI is InChI=1S/C17H28O/c1-4-5-6-7-8-9-10-12-16(2)13-11-14-17(3)15-18/h4,7-8,12,15,17H,1,5-6,9-11,13-14H2,2-3H3/b8-7+,16-12+. The van der Waals surface area contributed by atoms with Crippen LogP contribution in [0.15, 0.2) is 36.5 Å². The van der Waals surface area contributed by atoms with E-state index < -0.39 is 0 Å². The minimum atomic E-state index is 0.214. The number of aldehydes is 1. The second kappa shape index (κ2) is 12.3. The average Bonchev–Trinajstić information content (AvgIpc) is 2.37. The number of carbonyl (C=O) groups excluding carboxylic acids is 1. The van der Waals surface area contributed by atoms with Gasteiger partial charge in [0.2, 0.25) is 0 Å². The minimum Gasteiger partial charge on any atom is -0.303 e. The van der Waals surface area contributed by atoms with Crippen molar-refractivity contribution in [2.45, 2.75) is 58.8 Å². The van der Waals surface area contributed by atoms with Gasteiger partial charge in [0.15, 0.2) is 0 Å². The number of hydrogen-bond donors (Lipinski definition) is 0. The van der Waals surface area contributed by atoms with Crippen LogP contribution in [0.4, 0.5) is 0 Å². The van der Waals surface area contributed by atoms with Gasteiger partial charge in [-0.25, -0.2) is 0 Å². The third-order valence-corrected chi connectivity index (χ3v) is 2.99. The quantitative estimate of drug-likeness (QED) is 0.277. The smallest absolute Gasteiger partial charge is 0.122 e. The second-order valence-electron chi connectivity index (χ2n) is 4.97. The van der Waals surface area contributed by atoms with Crippen molar-refractivity contribution in [3.05, 3.63) is 36.5 Å². The Morgan fingerprint density at radius 1 is 1.17 bits per heavy atom. The van der Waals surface area contributed by atoms with Crippen molar-refractivity contribution >= 4 is 6.29 Å². The Balaban J connectivity index is 3.55. The van der Waals surface area contributed by atoms with Crippen LogP contribution in [-0.4, -0.2) is 6.29 Å². The van der Waals surface area contributed by atoms with Gasteiger partial charge >= 0.3 is 0 Å². The molecule has 0 fully saturated rings. The largest absolute Gasteiger partial charge is 0.303 e. The molecule has 0 aliphatic rings.